The van der Waals surface area contributed by atoms with Crippen LogP contribution < -0.4 is 10.1 Å². The number of halogens is 1. The van der Waals surface area contributed by atoms with Gasteiger partial charge in [0.05, 0.1) is 10.6 Å². The monoisotopic (exact) mass is 392 g/mol. The van der Waals surface area contributed by atoms with Crippen molar-refractivity contribution in [3.63, 3.8) is 0 Å². The summed E-state index contributed by atoms with van der Waals surface area (Å²) in [6.07, 6.45) is 0. The van der Waals surface area contributed by atoms with Gasteiger partial charge in [-0.05, 0) is 53.2 Å². The van der Waals surface area contributed by atoms with Gasteiger partial charge in [0.15, 0.2) is 12.4 Å². The van der Waals surface area contributed by atoms with Crippen LogP contribution in [0, 0.1) is 10.1 Å². The van der Waals surface area contributed by atoms with E-state index < -0.39 is 10.8 Å². The summed E-state index contributed by atoms with van der Waals surface area (Å²) in [5.41, 5.74) is 0.879. The minimum atomic E-state index is -0.524. The highest BCUT2D eigenvalue weighted by molar-refractivity contribution is 9.10. The highest BCUT2D eigenvalue weighted by atomic mass is 79.9. The molecular formula is C16H13BrN2O5. The normalized spacial score (nSPS) is 10.1. The van der Waals surface area contributed by atoms with Gasteiger partial charge in [0.2, 0.25) is 0 Å². The number of nitrogens with zero attached hydrogens (tertiary/aromatic N) is 1. The Balaban J connectivity index is 1.93. The third kappa shape index (κ3) is 4.63. The molecule has 2 aromatic rings. The van der Waals surface area contributed by atoms with Crippen molar-refractivity contribution >= 4 is 39.0 Å². The van der Waals surface area contributed by atoms with Crippen LogP contribution in [0.3, 0.4) is 0 Å². The van der Waals surface area contributed by atoms with Crippen LogP contribution in [0.4, 0.5) is 11.4 Å². The molecule has 0 spiro atoms. The lowest BCUT2D eigenvalue weighted by Crippen LogP contribution is -2.20. The number of hydrogen-bond donors (Lipinski definition) is 1. The highest BCUT2D eigenvalue weighted by Crippen LogP contribution is 2.27. The molecule has 0 fully saturated rings. The van der Waals surface area contributed by atoms with Crippen molar-refractivity contribution in [3.8, 4) is 5.75 Å². The quantitative estimate of drug-likeness (QED) is 0.460. The standard InChI is InChI=1S/C16H13BrN2O5/c1-10(20)11-2-5-13(6-3-11)24-9-16(21)18-15-7-4-12(19(22)23)8-14(15)17/h2-8H,9H2,1H3,(H,18,21). The number of nitrogens with one attached hydrogen (secondary N) is 1. The maximum atomic E-state index is 11.9. The summed E-state index contributed by atoms with van der Waals surface area (Å²) in [7, 11) is 0. The molecule has 0 radical (unpaired) electrons. The number of carbonyl (C=O) groups excluding carboxylic acids is 2. The first-order valence-electron chi connectivity index (χ1n) is 6.84. The van der Waals surface area contributed by atoms with Crippen LogP contribution in [-0.4, -0.2) is 23.2 Å². The molecular weight excluding hydrogens is 380 g/mol. The van der Waals surface area contributed by atoms with Crippen LogP contribution in [0.25, 0.3) is 0 Å². The molecule has 8 heteroatoms. The van der Waals surface area contributed by atoms with E-state index in [2.05, 4.69) is 21.2 Å². The Morgan fingerprint density at radius 1 is 1.21 bits per heavy atom. The van der Waals surface area contributed by atoms with Crippen molar-refractivity contribution in [2.75, 3.05) is 11.9 Å². The lowest BCUT2D eigenvalue weighted by molar-refractivity contribution is -0.384. The number of nitro benzene ring substituents is 1. The smallest absolute Gasteiger partial charge is 0.270 e. The molecule has 0 aliphatic rings. The number of Topliss-reactive ketones (excluding diaryl/α,β-unsaturated/α-hetero) is 1. The molecule has 0 unspecified atom stereocenters. The molecule has 0 aliphatic heterocycles. The van der Waals surface area contributed by atoms with Crippen LogP contribution in [0.2, 0.25) is 0 Å². The Morgan fingerprint density at radius 3 is 2.42 bits per heavy atom. The van der Waals surface area contributed by atoms with Gasteiger partial charge in [0.1, 0.15) is 5.75 Å². The first-order valence-corrected chi connectivity index (χ1v) is 7.63. The third-order valence-corrected chi connectivity index (χ3v) is 3.72. The molecule has 0 heterocycles. The lowest BCUT2D eigenvalue weighted by Gasteiger charge is -2.09. The lowest BCUT2D eigenvalue weighted by atomic mass is 10.1. The second kappa shape index (κ2) is 7.69. The van der Waals surface area contributed by atoms with Crippen LogP contribution in [0.15, 0.2) is 46.9 Å². The fourth-order valence-electron chi connectivity index (χ4n) is 1.84. The summed E-state index contributed by atoms with van der Waals surface area (Å²) >= 11 is 3.17. The number of anilines is 1. The van der Waals surface area contributed by atoms with E-state index in [-0.39, 0.29) is 18.1 Å². The van der Waals surface area contributed by atoms with Crippen molar-refractivity contribution in [3.05, 3.63) is 62.6 Å². The van der Waals surface area contributed by atoms with Gasteiger partial charge in [0.25, 0.3) is 11.6 Å². The first kappa shape index (κ1) is 17.6. The topological polar surface area (TPSA) is 98.5 Å². The number of hydrogen-bond acceptors (Lipinski definition) is 5. The van der Waals surface area contributed by atoms with Crippen LogP contribution >= 0.6 is 15.9 Å². The van der Waals surface area contributed by atoms with Crippen LogP contribution in [0.5, 0.6) is 5.75 Å². The third-order valence-electron chi connectivity index (χ3n) is 3.07. The van der Waals surface area contributed by atoms with Crippen LogP contribution in [-0.2, 0) is 4.79 Å². The number of rotatable bonds is 6. The molecule has 24 heavy (non-hydrogen) atoms. The maximum absolute atomic E-state index is 11.9. The van der Waals surface area contributed by atoms with E-state index in [0.29, 0.717) is 21.5 Å². The van der Waals surface area contributed by atoms with E-state index in [9.17, 15) is 19.7 Å². The molecule has 2 aromatic carbocycles. The molecule has 0 bridgehead atoms. The number of benzene rings is 2. The molecule has 0 aromatic heterocycles. The van der Waals surface area contributed by atoms with Crippen molar-refractivity contribution in [2.45, 2.75) is 6.92 Å². The number of ketones is 1. The molecule has 0 saturated heterocycles. The predicted molar refractivity (Wildman–Crippen MR) is 91.4 cm³/mol. The molecule has 0 atom stereocenters. The fourth-order valence-corrected chi connectivity index (χ4v) is 2.31. The Labute approximate surface area is 145 Å². The van der Waals surface area contributed by atoms with E-state index in [0.717, 1.165) is 0 Å². The average molecular weight is 393 g/mol. The highest BCUT2D eigenvalue weighted by Gasteiger charge is 2.11. The first-order chi connectivity index (χ1) is 11.4. The molecule has 7 nitrogen and oxygen atoms in total. The molecule has 1 amide bonds. The van der Waals surface area contributed by atoms with Gasteiger partial charge in [-0.2, -0.15) is 0 Å². The summed E-state index contributed by atoms with van der Waals surface area (Å²) in [4.78, 5) is 33.2. The SMILES string of the molecule is CC(=O)c1ccc(OCC(=O)Nc2ccc([N+](=O)[O-])cc2Br)cc1. The fraction of sp³-hybridized carbons (Fsp3) is 0.125. The molecule has 0 saturated carbocycles. The zero-order chi connectivity index (χ0) is 17.7. The van der Waals surface area contributed by atoms with E-state index in [1.807, 2.05) is 0 Å². The van der Waals surface area contributed by atoms with E-state index in [1.165, 1.54) is 25.1 Å². The predicted octanol–water partition coefficient (Wildman–Crippen LogP) is 3.58. The van der Waals surface area contributed by atoms with Gasteiger partial charge >= 0.3 is 0 Å². The summed E-state index contributed by atoms with van der Waals surface area (Å²) in [6, 6.07) is 10.5. The minimum Gasteiger partial charge on any atom is -0.484 e. The number of carbonyl (C=O) groups is 2. The van der Waals surface area contributed by atoms with Crippen molar-refractivity contribution < 1.29 is 19.2 Å². The summed E-state index contributed by atoms with van der Waals surface area (Å²) < 4.78 is 5.73. The molecule has 2 rings (SSSR count). The van der Waals surface area contributed by atoms with Gasteiger partial charge in [0, 0.05) is 22.2 Å². The van der Waals surface area contributed by atoms with Gasteiger partial charge in [-0.1, -0.05) is 0 Å². The second-order valence-electron chi connectivity index (χ2n) is 4.84. The summed E-state index contributed by atoms with van der Waals surface area (Å²) in [5.74, 6) is -0.0135. The number of amides is 1. The van der Waals surface area contributed by atoms with Gasteiger partial charge in [-0.3, -0.25) is 19.7 Å². The van der Waals surface area contributed by atoms with Crippen LogP contribution in [0.1, 0.15) is 17.3 Å². The largest absolute Gasteiger partial charge is 0.484 e. The average Bonchev–Trinajstić information content (AvgIpc) is 2.55. The Hall–Kier alpha value is -2.74. The van der Waals surface area contributed by atoms with Crippen molar-refractivity contribution in [1.82, 2.24) is 0 Å². The Morgan fingerprint density at radius 2 is 1.88 bits per heavy atom. The van der Waals surface area contributed by atoms with E-state index in [1.54, 1.807) is 24.3 Å². The zero-order valence-corrected chi connectivity index (χ0v) is 14.2. The van der Waals surface area contributed by atoms with E-state index in [4.69, 9.17) is 4.74 Å². The molecule has 1 N–H and O–H groups in total. The van der Waals surface area contributed by atoms with Gasteiger partial charge in [-0.15, -0.1) is 0 Å². The number of ether oxygens (including phenoxy) is 1. The Kier molecular flexibility index (Phi) is 5.64. The number of non-ortho nitro benzene ring substituents is 1. The molecule has 124 valence electrons. The van der Waals surface area contributed by atoms with Gasteiger partial charge < -0.3 is 10.1 Å². The van der Waals surface area contributed by atoms with E-state index >= 15 is 0 Å². The maximum Gasteiger partial charge on any atom is 0.270 e. The molecule has 0 aliphatic carbocycles. The Bertz CT molecular complexity index is 790. The number of nitro groups is 1. The van der Waals surface area contributed by atoms with Crippen molar-refractivity contribution in [2.24, 2.45) is 0 Å². The van der Waals surface area contributed by atoms with Crippen molar-refractivity contribution in [1.29, 1.82) is 0 Å². The summed E-state index contributed by atoms with van der Waals surface area (Å²) in [5, 5.41) is 13.3. The van der Waals surface area contributed by atoms with Gasteiger partial charge in [-0.25, -0.2) is 0 Å². The zero-order valence-electron chi connectivity index (χ0n) is 12.6. The summed E-state index contributed by atoms with van der Waals surface area (Å²) in [6.45, 7) is 1.23. The minimum absolute atomic E-state index is 0.0534. The second-order valence-corrected chi connectivity index (χ2v) is 5.69.